The molecule has 1 aliphatic heterocycles. The fourth-order valence-electron chi connectivity index (χ4n) is 4.24. The lowest BCUT2D eigenvalue weighted by atomic mass is 10.1. The Morgan fingerprint density at radius 1 is 0.886 bits per heavy atom. The van der Waals surface area contributed by atoms with Gasteiger partial charge >= 0.3 is 0 Å². The van der Waals surface area contributed by atoms with E-state index >= 15 is 0 Å². The second-order valence-electron chi connectivity index (χ2n) is 8.27. The maximum absolute atomic E-state index is 12.9. The van der Waals surface area contributed by atoms with Gasteiger partial charge in [0.2, 0.25) is 5.91 Å². The van der Waals surface area contributed by atoms with Crippen molar-refractivity contribution >= 4 is 34.0 Å². The predicted molar refractivity (Wildman–Crippen MR) is 133 cm³/mol. The van der Waals surface area contributed by atoms with Crippen molar-refractivity contribution in [3.05, 3.63) is 95.2 Å². The first kappa shape index (κ1) is 22.3. The summed E-state index contributed by atoms with van der Waals surface area (Å²) in [4.78, 5) is 46.3. The van der Waals surface area contributed by atoms with Crippen molar-refractivity contribution in [2.75, 3.05) is 36.4 Å². The summed E-state index contributed by atoms with van der Waals surface area (Å²) >= 11 is 0. The molecule has 9 heteroatoms. The van der Waals surface area contributed by atoms with Crippen molar-refractivity contribution in [1.29, 1.82) is 0 Å². The van der Waals surface area contributed by atoms with Gasteiger partial charge in [0, 0.05) is 55.3 Å². The van der Waals surface area contributed by atoms with E-state index in [2.05, 4.69) is 20.3 Å². The molecule has 9 nitrogen and oxygen atoms in total. The van der Waals surface area contributed by atoms with Crippen molar-refractivity contribution in [3.63, 3.8) is 0 Å². The molecule has 4 aromatic rings. The molecule has 0 atom stereocenters. The first-order chi connectivity index (χ1) is 17.1. The number of piperazine rings is 1. The van der Waals surface area contributed by atoms with Crippen LogP contribution in [-0.2, 0) is 11.3 Å². The maximum Gasteiger partial charge on any atom is 0.275 e. The summed E-state index contributed by atoms with van der Waals surface area (Å²) in [6, 6.07) is 18.1. The van der Waals surface area contributed by atoms with Gasteiger partial charge in [-0.25, -0.2) is 4.68 Å². The number of carbonyl (C=O) groups excluding carboxylic acids is 2. The molecule has 0 aliphatic carbocycles. The number of nitrogens with zero attached hydrogens (tertiary/aromatic N) is 5. The van der Waals surface area contributed by atoms with Crippen LogP contribution in [0.4, 0.5) is 11.4 Å². The summed E-state index contributed by atoms with van der Waals surface area (Å²) in [7, 11) is 0. The van der Waals surface area contributed by atoms with Crippen LogP contribution < -0.4 is 15.8 Å². The molecule has 0 saturated carbocycles. The van der Waals surface area contributed by atoms with Crippen molar-refractivity contribution in [1.82, 2.24) is 19.7 Å². The molecule has 5 rings (SSSR count). The lowest BCUT2D eigenvalue weighted by Gasteiger charge is -2.36. The van der Waals surface area contributed by atoms with Gasteiger partial charge in [0.05, 0.1) is 17.1 Å². The van der Waals surface area contributed by atoms with Crippen molar-refractivity contribution < 1.29 is 9.59 Å². The Kier molecular flexibility index (Phi) is 6.21. The largest absolute Gasteiger partial charge is 0.367 e. The molecule has 176 valence electrons. The number of amides is 2. The average molecular weight is 469 g/mol. The molecule has 0 unspecified atom stereocenters. The van der Waals surface area contributed by atoms with Crippen LogP contribution in [0.15, 0.2) is 84.0 Å². The van der Waals surface area contributed by atoms with Crippen LogP contribution in [0.25, 0.3) is 10.8 Å². The molecule has 3 heterocycles. The number of para-hydroxylation sites is 1. The molecule has 2 aromatic carbocycles. The molecule has 0 spiro atoms. The number of anilines is 2. The Balaban J connectivity index is 1.25. The van der Waals surface area contributed by atoms with E-state index in [0.29, 0.717) is 42.8 Å². The van der Waals surface area contributed by atoms with E-state index in [9.17, 15) is 14.4 Å². The highest BCUT2D eigenvalue weighted by Crippen LogP contribution is 2.23. The molecule has 35 heavy (non-hydrogen) atoms. The van der Waals surface area contributed by atoms with Gasteiger partial charge in [0.1, 0.15) is 6.54 Å². The molecule has 2 amide bonds. The molecular formula is C26H24N6O3. The molecule has 1 N–H and O–H groups in total. The van der Waals surface area contributed by atoms with Gasteiger partial charge in [0.25, 0.3) is 11.5 Å². The third-order valence-electron chi connectivity index (χ3n) is 6.11. The summed E-state index contributed by atoms with van der Waals surface area (Å²) < 4.78 is 1.22. The minimum absolute atomic E-state index is 0.103. The van der Waals surface area contributed by atoms with E-state index < -0.39 is 0 Å². The number of benzene rings is 2. The van der Waals surface area contributed by atoms with Crippen molar-refractivity contribution in [2.45, 2.75) is 6.54 Å². The van der Waals surface area contributed by atoms with Gasteiger partial charge in [0.15, 0.2) is 0 Å². The second-order valence-corrected chi connectivity index (χ2v) is 8.27. The number of rotatable bonds is 5. The number of aromatic nitrogens is 3. The summed E-state index contributed by atoms with van der Waals surface area (Å²) in [6.45, 7) is 2.02. The monoisotopic (exact) mass is 468 g/mol. The minimum Gasteiger partial charge on any atom is -0.367 e. The van der Waals surface area contributed by atoms with Crippen LogP contribution >= 0.6 is 0 Å². The zero-order chi connectivity index (χ0) is 24.2. The summed E-state index contributed by atoms with van der Waals surface area (Å²) in [5.74, 6) is -0.356. The first-order valence-electron chi connectivity index (χ1n) is 11.4. The normalized spacial score (nSPS) is 13.6. The first-order valence-corrected chi connectivity index (χ1v) is 11.4. The van der Waals surface area contributed by atoms with Crippen LogP contribution in [0.3, 0.4) is 0 Å². The van der Waals surface area contributed by atoms with Gasteiger partial charge in [-0.2, -0.15) is 5.10 Å². The molecule has 1 saturated heterocycles. The van der Waals surface area contributed by atoms with Gasteiger partial charge in [-0.05, 0) is 30.3 Å². The quantitative estimate of drug-likeness (QED) is 0.483. The molecule has 0 radical (unpaired) electrons. The zero-order valence-electron chi connectivity index (χ0n) is 19.0. The smallest absolute Gasteiger partial charge is 0.275 e. The summed E-state index contributed by atoms with van der Waals surface area (Å²) in [5, 5.41) is 8.36. The number of nitrogens with one attached hydrogen (secondary N) is 1. The van der Waals surface area contributed by atoms with Crippen molar-refractivity contribution in [3.8, 4) is 0 Å². The molecular weight excluding hydrogens is 444 g/mol. The number of hydrogen-bond donors (Lipinski definition) is 1. The fourth-order valence-corrected chi connectivity index (χ4v) is 4.24. The van der Waals surface area contributed by atoms with E-state index in [1.807, 2.05) is 30.3 Å². The number of pyridine rings is 1. The van der Waals surface area contributed by atoms with Crippen LogP contribution in [0.5, 0.6) is 0 Å². The number of hydrogen-bond acceptors (Lipinski definition) is 6. The number of carbonyl (C=O) groups is 2. The third kappa shape index (κ3) is 4.74. The number of fused-ring (bicyclic) bond motifs is 1. The SMILES string of the molecule is O=C(Nc1ccncc1)c1ccccc1N1CCN(C(=O)Cn2ncc3ccccc3c2=O)CC1. The van der Waals surface area contributed by atoms with Crippen LogP contribution in [0.1, 0.15) is 10.4 Å². The molecule has 1 fully saturated rings. The minimum atomic E-state index is -0.274. The van der Waals surface area contributed by atoms with E-state index in [0.717, 1.165) is 11.1 Å². The van der Waals surface area contributed by atoms with Gasteiger partial charge < -0.3 is 15.1 Å². The molecule has 0 bridgehead atoms. The van der Waals surface area contributed by atoms with Crippen molar-refractivity contribution in [2.24, 2.45) is 0 Å². The lowest BCUT2D eigenvalue weighted by molar-refractivity contribution is -0.132. The highest BCUT2D eigenvalue weighted by atomic mass is 16.2. The predicted octanol–water partition coefficient (Wildman–Crippen LogP) is 2.39. The van der Waals surface area contributed by atoms with E-state index in [1.165, 1.54) is 4.68 Å². The Hall–Kier alpha value is -4.53. The summed E-state index contributed by atoms with van der Waals surface area (Å²) in [5.41, 5.74) is 1.78. The van der Waals surface area contributed by atoms with Gasteiger partial charge in [-0.1, -0.05) is 30.3 Å². The molecule has 1 aliphatic rings. The molecule has 2 aromatic heterocycles. The van der Waals surface area contributed by atoms with E-state index in [4.69, 9.17) is 0 Å². The van der Waals surface area contributed by atoms with Crippen LogP contribution in [0.2, 0.25) is 0 Å². The standard InChI is InChI=1S/C26H24N6O3/c33-24(18-32-26(35)21-6-2-1-5-19(21)17-28-32)31-15-13-30(14-16-31)23-8-4-3-7-22(23)25(34)29-20-9-11-27-12-10-20/h1-12,17H,13-16,18H2,(H,27,29,34). The Bertz CT molecular complexity index is 1430. The maximum atomic E-state index is 12.9. The van der Waals surface area contributed by atoms with Gasteiger partial charge in [-0.3, -0.25) is 19.4 Å². The highest BCUT2D eigenvalue weighted by Gasteiger charge is 2.24. The van der Waals surface area contributed by atoms with E-state index in [1.54, 1.807) is 53.8 Å². The Morgan fingerprint density at radius 3 is 2.40 bits per heavy atom. The zero-order valence-corrected chi connectivity index (χ0v) is 19.0. The van der Waals surface area contributed by atoms with Crippen LogP contribution in [-0.4, -0.2) is 57.7 Å². The topological polar surface area (TPSA) is 100 Å². The lowest BCUT2D eigenvalue weighted by Crippen LogP contribution is -2.50. The summed E-state index contributed by atoms with van der Waals surface area (Å²) in [6.07, 6.45) is 4.86. The van der Waals surface area contributed by atoms with Gasteiger partial charge in [-0.15, -0.1) is 0 Å². The Labute approximate surface area is 201 Å². The van der Waals surface area contributed by atoms with E-state index in [-0.39, 0.29) is 23.9 Å². The second kappa shape index (κ2) is 9.76. The Morgan fingerprint density at radius 2 is 1.60 bits per heavy atom. The van der Waals surface area contributed by atoms with Crippen LogP contribution in [0, 0.1) is 0 Å². The highest BCUT2D eigenvalue weighted by molar-refractivity contribution is 6.08. The average Bonchev–Trinajstić information content (AvgIpc) is 2.91. The third-order valence-corrected chi connectivity index (χ3v) is 6.11. The fraction of sp³-hybridized carbons (Fsp3) is 0.192.